The van der Waals surface area contributed by atoms with Crippen LogP contribution in [0.5, 0.6) is 0 Å². The molecule has 2 aromatic heterocycles. The number of hydrogen-bond donors (Lipinski definition) is 4. The van der Waals surface area contributed by atoms with E-state index in [2.05, 4.69) is 15.6 Å². The first-order chi connectivity index (χ1) is 11.6. The summed E-state index contributed by atoms with van der Waals surface area (Å²) in [5.41, 5.74) is 1.24. The minimum Gasteiger partial charge on any atom is -0.467 e. The van der Waals surface area contributed by atoms with Gasteiger partial charge in [0.05, 0.1) is 19.4 Å². The number of nitrogens with one attached hydrogen (secondary N) is 3. The summed E-state index contributed by atoms with van der Waals surface area (Å²) in [7, 11) is 0. The number of aromatic amines is 1. The first-order valence-corrected chi connectivity index (χ1v) is 7.47. The molecule has 0 fully saturated rings. The summed E-state index contributed by atoms with van der Waals surface area (Å²) in [6.07, 6.45) is 0.523. The quantitative estimate of drug-likeness (QED) is 0.548. The maximum absolute atomic E-state index is 12.1. The Hall–Kier alpha value is -3.06. The minimum absolute atomic E-state index is 0.00854. The van der Waals surface area contributed by atoms with Gasteiger partial charge in [-0.2, -0.15) is 0 Å². The number of furan rings is 1. The SMILES string of the molecule is O=C(CNC(=O)c1cc2ccccc2[nH]1)NCC(O)c1ccco1. The fourth-order valence-electron chi connectivity index (χ4n) is 2.31. The summed E-state index contributed by atoms with van der Waals surface area (Å²) in [5.74, 6) is -0.393. The van der Waals surface area contributed by atoms with E-state index in [0.29, 0.717) is 11.5 Å². The highest BCUT2D eigenvalue weighted by Gasteiger charge is 2.13. The predicted molar refractivity (Wildman–Crippen MR) is 87.3 cm³/mol. The molecule has 0 saturated carbocycles. The maximum atomic E-state index is 12.1. The van der Waals surface area contributed by atoms with E-state index in [9.17, 15) is 14.7 Å². The standard InChI is InChI=1S/C17H17N3O4/c21-14(15-6-3-7-24-15)9-18-16(22)10-19-17(23)13-8-11-4-1-2-5-12(11)20-13/h1-8,14,20-21H,9-10H2,(H,18,22)(H,19,23). The molecule has 1 aromatic carbocycles. The summed E-state index contributed by atoms with van der Waals surface area (Å²) in [6.45, 7) is -0.173. The third kappa shape index (κ3) is 3.64. The lowest BCUT2D eigenvalue weighted by atomic mass is 10.2. The van der Waals surface area contributed by atoms with Crippen LogP contribution in [0.3, 0.4) is 0 Å². The van der Waals surface area contributed by atoms with Crippen LogP contribution in [0.1, 0.15) is 22.4 Å². The van der Waals surface area contributed by atoms with Crippen LogP contribution in [0.4, 0.5) is 0 Å². The van der Waals surface area contributed by atoms with E-state index in [1.807, 2.05) is 24.3 Å². The third-order valence-electron chi connectivity index (χ3n) is 3.55. The number of para-hydroxylation sites is 1. The molecule has 0 saturated heterocycles. The molecule has 3 rings (SSSR count). The highest BCUT2D eigenvalue weighted by atomic mass is 16.4. The maximum Gasteiger partial charge on any atom is 0.268 e. The fraction of sp³-hybridized carbons (Fsp3) is 0.176. The van der Waals surface area contributed by atoms with Crippen molar-refractivity contribution in [2.75, 3.05) is 13.1 Å². The Morgan fingerprint density at radius 1 is 1.17 bits per heavy atom. The van der Waals surface area contributed by atoms with Crippen molar-refractivity contribution in [2.45, 2.75) is 6.10 Å². The summed E-state index contributed by atoms with van der Waals surface area (Å²) in [5, 5.41) is 15.8. The molecule has 0 aliphatic heterocycles. The molecule has 124 valence electrons. The van der Waals surface area contributed by atoms with E-state index in [-0.39, 0.29) is 19.0 Å². The van der Waals surface area contributed by atoms with E-state index in [0.717, 1.165) is 10.9 Å². The molecule has 0 radical (unpaired) electrons. The molecule has 4 N–H and O–H groups in total. The number of benzene rings is 1. The van der Waals surface area contributed by atoms with Gasteiger partial charge in [0.25, 0.3) is 5.91 Å². The van der Waals surface area contributed by atoms with E-state index < -0.39 is 12.0 Å². The van der Waals surface area contributed by atoms with E-state index in [1.54, 1.807) is 18.2 Å². The Balaban J connectivity index is 1.48. The molecule has 2 amide bonds. The summed E-state index contributed by atoms with van der Waals surface area (Å²) < 4.78 is 5.04. The molecule has 1 unspecified atom stereocenters. The zero-order chi connectivity index (χ0) is 16.9. The van der Waals surface area contributed by atoms with E-state index in [4.69, 9.17) is 4.42 Å². The normalized spacial score (nSPS) is 12.0. The van der Waals surface area contributed by atoms with Gasteiger partial charge in [0.15, 0.2) is 0 Å². The Bertz CT molecular complexity index is 806. The Labute approximate surface area is 137 Å². The number of aromatic nitrogens is 1. The van der Waals surface area contributed by atoms with Crippen molar-refractivity contribution in [3.8, 4) is 0 Å². The molecule has 2 heterocycles. The number of carbonyl (C=O) groups is 2. The van der Waals surface area contributed by atoms with Crippen molar-refractivity contribution < 1.29 is 19.1 Å². The number of H-pyrrole nitrogens is 1. The van der Waals surface area contributed by atoms with Gasteiger partial charge in [-0.05, 0) is 24.3 Å². The number of hydrogen-bond acceptors (Lipinski definition) is 4. The van der Waals surface area contributed by atoms with Gasteiger partial charge in [-0.25, -0.2) is 0 Å². The zero-order valence-corrected chi connectivity index (χ0v) is 12.8. The largest absolute Gasteiger partial charge is 0.467 e. The van der Waals surface area contributed by atoms with Crippen molar-refractivity contribution >= 4 is 22.7 Å². The van der Waals surface area contributed by atoms with Crippen molar-refractivity contribution in [1.29, 1.82) is 0 Å². The van der Waals surface area contributed by atoms with Gasteiger partial charge in [0.1, 0.15) is 17.6 Å². The molecule has 7 nitrogen and oxygen atoms in total. The van der Waals surface area contributed by atoms with Gasteiger partial charge < -0.3 is 25.1 Å². The van der Waals surface area contributed by atoms with E-state index in [1.165, 1.54) is 6.26 Å². The molecular weight excluding hydrogens is 310 g/mol. The molecular formula is C17H17N3O4. The van der Waals surface area contributed by atoms with Crippen LogP contribution in [-0.2, 0) is 4.79 Å². The van der Waals surface area contributed by atoms with E-state index >= 15 is 0 Å². The van der Waals surface area contributed by atoms with Crippen molar-refractivity contribution in [3.63, 3.8) is 0 Å². The smallest absolute Gasteiger partial charge is 0.268 e. The van der Waals surface area contributed by atoms with Gasteiger partial charge in [0.2, 0.25) is 5.91 Å². The van der Waals surface area contributed by atoms with Crippen molar-refractivity contribution in [1.82, 2.24) is 15.6 Å². The zero-order valence-electron chi connectivity index (χ0n) is 12.8. The summed E-state index contributed by atoms with van der Waals surface area (Å²) in [4.78, 5) is 26.8. The second-order valence-corrected chi connectivity index (χ2v) is 5.29. The lowest BCUT2D eigenvalue weighted by Gasteiger charge is -2.10. The van der Waals surface area contributed by atoms with Crippen LogP contribution in [0.2, 0.25) is 0 Å². The van der Waals surface area contributed by atoms with Gasteiger partial charge in [-0.1, -0.05) is 18.2 Å². The van der Waals surface area contributed by atoms with Gasteiger partial charge >= 0.3 is 0 Å². The molecule has 0 spiro atoms. The number of fused-ring (bicyclic) bond motifs is 1. The average Bonchev–Trinajstić information content (AvgIpc) is 3.26. The molecule has 3 aromatic rings. The van der Waals surface area contributed by atoms with Gasteiger partial charge in [-0.3, -0.25) is 9.59 Å². The average molecular weight is 327 g/mol. The molecule has 0 bridgehead atoms. The van der Waals surface area contributed by atoms with Crippen LogP contribution in [-0.4, -0.2) is 35.0 Å². The van der Waals surface area contributed by atoms with Crippen LogP contribution in [0.15, 0.2) is 53.1 Å². The summed E-state index contributed by atoms with van der Waals surface area (Å²) in [6, 6.07) is 12.5. The molecule has 24 heavy (non-hydrogen) atoms. The van der Waals surface area contributed by atoms with Gasteiger partial charge in [-0.15, -0.1) is 0 Å². The lowest BCUT2D eigenvalue weighted by Crippen LogP contribution is -2.38. The first kappa shape index (κ1) is 15.8. The highest BCUT2D eigenvalue weighted by molar-refractivity contribution is 5.99. The third-order valence-corrected chi connectivity index (χ3v) is 3.55. The molecule has 1 atom stereocenters. The Morgan fingerprint density at radius 2 is 2.00 bits per heavy atom. The number of aliphatic hydroxyl groups excluding tert-OH is 1. The minimum atomic E-state index is -0.923. The fourth-order valence-corrected chi connectivity index (χ4v) is 2.31. The molecule has 0 aliphatic rings. The Kier molecular flexibility index (Phi) is 4.62. The second-order valence-electron chi connectivity index (χ2n) is 5.29. The molecule has 7 heteroatoms. The monoisotopic (exact) mass is 327 g/mol. The summed E-state index contributed by atoms with van der Waals surface area (Å²) >= 11 is 0. The van der Waals surface area contributed by atoms with Crippen LogP contribution in [0.25, 0.3) is 10.9 Å². The van der Waals surface area contributed by atoms with Gasteiger partial charge in [0, 0.05) is 10.9 Å². The lowest BCUT2D eigenvalue weighted by molar-refractivity contribution is -0.120. The second kappa shape index (κ2) is 7.01. The number of amides is 2. The topological polar surface area (TPSA) is 107 Å². The number of rotatable bonds is 6. The highest BCUT2D eigenvalue weighted by Crippen LogP contribution is 2.14. The van der Waals surface area contributed by atoms with Crippen LogP contribution >= 0.6 is 0 Å². The number of aliphatic hydroxyl groups is 1. The first-order valence-electron chi connectivity index (χ1n) is 7.47. The Morgan fingerprint density at radius 3 is 2.75 bits per heavy atom. The van der Waals surface area contributed by atoms with Crippen molar-refractivity contribution in [3.05, 3.63) is 60.2 Å². The predicted octanol–water partition coefficient (Wildman–Crippen LogP) is 1.34. The molecule has 0 aliphatic carbocycles. The van der Waals surface area contributed by atoms with Crippen LogP contribution < -0.4 is 10.6 Å². The van der Waals surface area contributed by atoms with Crippen molar-refractivity contribution in [2.24, 2.45) is 0 Å². The number of carbonyl (C=O) groups excluding carboxylic acids is 2. The van der Waals surface area contributed by atoms with Crippen LogP contribution in [0, 0.1) is 0 Å².